The van der Waals surface area contributed by atoms with Gasteiger partial charge in [0.25, 0.3) is 0 Å². The standard InChI is InChI=1S/C58H53N3O/c1-36(2)40-22-24-41(25-23-40)44-26-27-59-52(34-44)46-31-45(32-47(33-46)58(6,7)8)48-20-15-21-53-55(48)60-57(51-29-37(3)28-39(5)56(51)62)61(53)54-35-49(42-16-11-9-12-17-42)38(4)30-50(54)43-18-13-10-14-19-43/h9-36,62H,1-8H3/i36D. The summed E-state index contributed by atoms with van der Waals surface area (Å²) >= 11 is 0. The molecule has 0 aliphatic rings. The lowest BCUT2D eigenvalue weighted by Crippen LogP contribution is -2.11. The Hall–Kier alpha value is -7.04. The highest BCUT2D eigenvalue weighted by molar-refractivity contribution is 5.98. The van der Waals surface area contributed by atoms with E-state index in [4.69, 9.17) is 11.3 Å². The van der Waals surface area contributed by atoms with E-state index in [1.807, 2.05) is 45.2 Å². The van der Waals surface area contributed by atoms with Crippen LogP contribution in [0, 0.1) is 20.8 Å². The van der Waals surface area contributed by atoms with Crippen molar-refractivity contribution in [1.29, 1.82) is 0 Å². The molecule has 4 heteroatoms. The Morgan fingerprint density at radius 3 is 1.92 bits per heavy atom. The Labute approximate surface area is 367 Å². The molecule has 0 aliphatic carbocycles. The molecule has 0 atom stereocenters. The van der Waals surface area contributed by atoms with E-state index in [9.17, 15) is 5.11 Å². The Morgan fingerprint density at radius 1 is 0.565 bits per heavy atom. The molecule has 0 saturated heterocycles. The number of hydrogen-bond acceptors (Lipinski definition) is 3. The molecule has 2 heterocycles. The van der Waals surface area contributed by atoms with Gasteiger partial charge in [-0.05, 0) is 142 Å². The van der Waals surface area contributed by atoms with Crippen molar-refractivity contribution < 1.29 is 6.48 Å². The van der Waals surface area contributed by atoms with Crippen LogP contribution in [0.15, 0.2) is 164 Å². The maximum atomic E-state index is 11.9. The molecule has 2 aromatic heterocycles. The molecular formula is C58H53N3O. The molecule has 0 spiro atoms. The third-order valence-corrected chi connectivity index (χ3v) is 12.1. The van der Waals surface area contributed by atoms with Crippen LogP contribution < -0.4 is 0 Å². The van der Waals surface area contributed by atoms with Crippen LogP contribution >= 0.6 is 0 Å². The van der Waals surface area contributed by atoms with Gasteiger partial charge in [-0.15, -0.1) is 0 Å². The summed E-state index contributed by atoms with van der Waals surface area (Å²) in [7, 11) is 0. The summed E-state index contributed by atoms with van der Waals surface area (Å²) in [6, 6.07) is 55.5. The van der Waals surface area contributed by atoms with Gasteiger partial charge in [0.1, 0.15) is 11.6 Å². The maximum absolute atomic E-state index is 11.9. The van der Waals surface area contributed by atoms with E-state index in [1.54, 1.807) is 0 Å². The predicted molar refractivity (Wildman–Crippen MR) is 260 cm³/mol. The van der Waals surface area contributed by atoms with E-state index < -0.39 is 5.89 Å². The summed E-state index contributed by atoms with van der Waals surface area (Å²) in [6.45, 7) is 16.8. The third-order valence-electron chi connectivity index (χ3n) is 12.1. The molecule has 62 heavy (non-hydrogen) atoms. The molecule has 0 saturated carbocycles. The number of nitrogens with zero attached hydrogens (tertiary/aromatic N) is 3. The highest BCUT2D eigenvalue weighted by Gasteiger charge is 2.25. The Morgan fingerprint density at radius 2 is 1.24 bits per heavy atom. The van der Waals surface area contributed by atoms with Crippen molar-refractivity contribution in [3.05, 3.63) is 192 Å². The van der Waals surface area contributed by atoms with Crippen LogP contribution in [0.3, 0.4) is 0 Å². The molecule has 306 valence electrons. The fraction of sp³-hybridized carbons (Fsp3) is 0.172. The van der Waals surface area contributed by atoms with E-state index in [1.165, 1.54) is 11.1 Å². The number of pyridine rings is 1. The number of imidazole rings is 1. The summed E-state index contributed by atoms with van der Waals surface area (Å²) < 4.78 is 10.8. The maximum Gasteiger partial charge on any atom is 0.149 e. The van der Waals surface area contributed by atoms with Crippen molar-refractivity contribution >= 4 is 11.0 Å². The second-order valence-electron chi connectivity index (χ2n) is 17.9. The van der Waals surface area contributed by atoms with Gasteiger partial charge >= 0.3 is 0 Å². The molecule has 9 aromatic rings. The second-order valence-corrected chi connectivity index (χ2v) is 17.9. The number of aryl methyl sites for hydroxylation is 3. The molecule has 0 bridgehead atoms. The number of phenols is 1. The van der Waals surface area contributed by atoms with Gasteiger partial charge in [0.2, 0.25) is 0 Å². The minimum atomic E-state index is -0.667. The first-order valence-electron chi connectivity index (χ1n) is 22.0. The average molecular weight is 809 g/mol. The summed E-state index contributed by atoms with van der Waals surface area (Å²) in [5.41, 5.74) is 18.9. The zero-order valence-corrected chi connectivity index (χ0v) is 36.9. The summed E-state index contributed by atoms with van der Waals surface area (Å²) in [5, 5.41) is 11.9. The van der Waals surface area contributed by atoms with E-state index >= 15 is 0 Å². The molecule has 0 unspecified atom stereocenters. The van der Waals surface area contributed by atoms with Crippen LogP contribution in [-0.4, -0.2) is 19.6 Å². The van der Waals surface area contributed by atoms with E-state index in [0.717, 1.165) is 89.2 Å². The number of hydrogen-bond donors (Lipinski definition) is 1. The minimum absolute atomic E-state index is 0.162. The van der Waals surface area contributed by atoms with Crippen LogP contribution in [0.1, 0.15) is 69.7 Å². The van der Waals surface area contributed by atoms with Gasteiger partial charge in [-0.1, -0.05) is 144 Å². The smallest absolute Gasteiger partial charge is 0.149 e. The van der Waals surface area contributed by atoms with Gasteiger partial charge < -0.3 is 5.11 Å². The highest BCUT2D eigenvalue weighted by Crippen LogP contribution is 2.44. The molecule has 0 aliphatic heterocycles. The van der Waals surface area contributed by atoms with Gasteiger partial charge in [0, 0.05) is 24.3 Å². The van der Waals surface area contributed by atoms with Crippen LogP contribution in [0.4, 0.5) is 0 Å². The average Bonchev–Trinajstić information content (AvgIpc) is 3.67. The molecule has 0 amide bonds. The van der Waals surface area contributed by atoms with Crippen LogP contribution in [0.2, 0.25) is 0 Å². The summed E-state index contributed by atoms with van der Waals surface area (Å²) in [6.07, 6.45) is 1.89. The largest absolute Gasteiger partial charge is 0.507 e. The number of fused-ring (bicyclic) bond motifs is 1. The topological polar surface area (TPSA) is 50.9 Å². The first kappa shape index (κ1) is 39.1. The van der Waals surface area contributed by atoms with E-state index in [2.05, 4.69) is 179 Å². The minimum Gasteiger partial charge on any atom is -0.507 e. The van der Waals surface area contributed by atoms with Crippen LogP contribution in [-0.2, 0) is 5.41 Å². The lowest BCUT2D eigenvalue weighted by molar-refractivity contribution is 0.472. The first-order chi connectivity index (χ1) is 30.1. The van der Waals surface area contributed by atoms with Gasteiger partial charge in [-0.25, -0.2) is 4.98 Å². The van der Waals surface area contributed by atoms with Crippen molar-refractivity contribution in [2.45, 2.75) is 66.7 Å². The van der Waals surface area contributed by atoms with Crippen molar-refractivity contribution in [2.24, 2.45) is 0 Å². The fourth-order valence-electron chi connectivity index (χ4n) is 8.67. The van der Waals surface area contributed by atoms with E-state index in [0.29, 0.717) is 11.4 Å². The lowest BCUT2D eigenvalue weighted by atomic mass is 9.83. The number of phenolic OH excluding ortho intramolecular Hbond substituents is 1. The second kappa shape index (κ2) is 16.1. The van der Waals surface area contributed by atoms with Gasteiger partial charge in [0.05, 0.1) is 28.0 Å². The van der Waals surface area contributed by atoms with Crippen molar-refractivity contribution in [3.8, 4) is 78.6 Å². The van der Waals surface area contributed by atoms with Crippen molar-refractivity contribution in [1.82, 2.24) is 14.5 Å². The molecule has 1 N–H and O–H groups in total. The molecule has 0 radical (unpaired) electrons. The van der Waals surface area contributed by atoms with Gasteiger partial charge in [-0.3, -0.25) is 9.55 Å². The SMILES string of the molecule is [2H]C(C)(C)c1ccc(-c2ccnc(-c3cc(-c4cccc5c4nc(-c4cc(C)cc(C)c4O)n5-c4cc(-c5ccccc5)c(C)cc4-c4ccccc4)cc(C(C)(C)C)c3)c2)cc1. The zero-order valence-electron chi connectivity index (χ0n) is 37.9. The Kier molecular flexibility index (Phi) is 10.2. The summed E-state index contributed by atoms with van der Waals surface area (Å²) in [4.78, 5) is 10.5. The lowest BCUT2D eigenvalue weighted by Gasteiger charge is -2.22. The highest BCUT2D eigenvalue weighted by atomic mass is 16.3. The fourth-order valence-corrected chi connectivity index (χ4v) is 8.67. The third kappa shape index (κ3) is 7.62. The number of aromatic hydroxyl groups is 1. The number of rotatable bonds is 8. The Balaban J connectivity index is 1.31. The monoisotopic (exact) mass is 808 g/mol. The molecular weight excluding hydrogens is 755 g/mol. The predicted octanol–water partition coefficient (Wildman–Crippen LogP) is 15.5. The zero-order chi connectivity index (χ0) is 44.2. The Bertz CT molecular complexity index is 3150. The van der Waals surface area contributed by atoms with E-state index in [-0.39, 0.29) is 11.2 Å². The quantitative estimate of drug-likeness (QED) is 0.166. The first-order valence-corrected chi connectivity index (χ1v) is 21.5. The van der Waals surface area contributed by atoms with Crippen LogP contribution in [0.25, 0.3) is 83.9 Å². The number of aromatic nitrogens is 3. The van der Waals surface area contributed by atoms with Crippen molar-refractivity contribution in [3.63, 3.8) is 0 Å². The molecule has 0 fully saturated rings. The van der Waals surface area contributed by atoms with Gasteiger partial charge in [-0.2, -0.15) is 0 Å². The van der Waals surface area contributed by atoms with Gasteiger partial charge in [0.15, 0.2) is 0 Å². The molecule has 4 nitrogen and oxygen atoms in total. The number of benzene rings is 7. The summed E-state index contributed by atoms with van der Waals surface area (Å²) in [5.74, 6) is 0.222. The molecule has 9 rings (SSSR count). The number of para-hydroxylation sites is 1. The van der Waals surface area contributed by atoms with Crippen LogP contribution in [0.5, 0.6) is 5.75 Å². The van der Waals surface area contributed by atoms with Crippen molar-refractivity contribution in [2.75, 3.05) is 0 Å². The normalized spacial score (nSPS) is 12.2. The molecule has 7 aromatic carbocycles.